The van der Waals surface area contributed by atoms with Gasteiger partial charge in [-0.1, -0.05) is 23.7 Å². The Morgan fingerprint density at radius 1 is 1.55 bits per heavy atom. The first-order chi connectivity index (χ1) is 9.49. The number of hydrogen-bond donors (Lipinski definition) is 2. The van der Waals surface area contributed by atoms with Crippen molar-refractivity contribution in [3.63, 3.8) is 0 Å². The number of carbonyl (C=O) groups excluding carboxylic acids is 1. The van der Waals surface area contributed by atoms with Crippen molar-refractivity contribution in [3.05, 3.63) is 41.4 Å². The molecule has 0 saturated heterocycles. The van der Waals surface area contributed by atoms with Crippen LogP contribution in [0.1, 0.15) is 24.4 Å². The van der Waals surface area contributed by atoms with Crippen molar-refractivity contribution in [1.82, 2.24) is 5.32 Å². The Labute approximate surface area is 122 Å². The van der Waals surface area contributed by atoms with Gasteiger partial charge in [0.25, 0.3) is 0 Å². The van der Waals surface area contributed by atoms with Crippen molar-refractivity contribution in [2.24, 2.45) is 0 Å². The number of carboxylic acid groups (broad SMARTS) is 1. The van der Waals surface area contributed by atoms with Gasteiger partial charge >= 0.3 is 5.97 Å². The third kappa shape index (κ3) is 4.28. The number of amides is 1. The van der Waals surface area contributed by atoms with Crippen molar-refractivity contribution in [1.29, 1.82) is 0 Å². The molecule has 0 radical (unpaired) electrons. The minimum Gasteiger partial charge on any atom is -0.495 e. The Balaban J connectivity index is 2.91. The van der Waals surface area contributed by atoms with Crippen LogP contribution in [0, 0.1) is 0 Å². The number of benzene rings is 1. The fourth-order valence-electron chi connectivity index (χ4n) is 1.62. The second-order valence-electron chi connectivity index (χ2n) is 4.06. The third-order valence-corrected chi connectivity index (χ3v) is 2.93. The van der Waals surface area contributed by atoms with E-state index in [1.54, 1.807) is 18.2 Å². The van der Waals surface area contributed by atoms with E-state index in [0.29, 0.717) is 17.7 Å². The molecule has 0 aliphatic carbocycles. The summed E-state index contributed by atoms with van der Waals surface area (Å²) in [5.74, 6) is -1.07. The highest BCUT2D eigenvalue weighted by Crippen LogP contribution is 2.27. The molecule has 108 valence electrons. The maximum Gasteiger partial charge on any atom is 0.330 e. The molecule has 0 fully saturated rings. The van der Waals surface area contributed by atoms with Gasteiger partial charge in [0.2, 0.25) is 5.91 Å². The van der Waals surface area contributed by atoms with Gasteiger partial charge < -0.3 is 15.2 Å². The highest BCUT2D eigenvalue weighted by atomic mass is 35.5. The van der Waals surface area contributed by atoms with Gasteiger partial charge in [-0.2, -0.15) is 0 Å². The summed E-state index contributed by atoms with van der Waals surface area (Å²) in [5.41, 5.74) is 0.384. The average molecular weight is 298 g/mol. The lowest BCUT2D eigenvalue weighted by molar-refractivity contribution is -0.142. The normalized spacial score (nSPS) is 11.5. The Bertz CT molecular complexity index is 516. The van der Waals surface area contributed by atoms with E-state index in [1.807, 2.05) is 0 Å². The van der Waals surface area contributed by atoms with Crippen molar-refractivity contribution >= 4 is 23.5 Å². The fraction of sp³-hybridized carbons (Fsp3) is 0.286. The van der Waals surface area contributed by atoms with Crippen LogP contribution in [0.25, 0.3) is 0 Å². The average Bonchev–Trinajstić information content (AvgIpc) is 2.42. The topological polar surface area (TPSA) is 75.6 Å². The van der Waals surface area contributed by atoms with Crippen LogP contribution in [0.5, 0.6) is 5.75 Å². The van der Waals surface area contributed by atoms with Gasteiger partial charge in [0.15, 0.2) is 6.04 Å². The summed E-state index contributed by atoms with van der Waals surface area (Å²) in [7, 11) is 1.46. The van der Waals surface area contributed by atoms with E-state index in [4.69, 9.17) is 16.3 Å². The van der Waals surface area contributed by atoms with Gasteiger partial charge in [-0.05, 0) is 24.1 Å². The van der Waals surface area contributed by atoms with Gasteiger partial charge in [0, 0.05) is 6.42 Å². The van der Waals surface area contributed by atoms with Gasteiger partial charge in [-0.25, -0.2) is 4.79 Å². The maximum absolute atomic E-state index is 11.6. The van der Waals surface area contributed by atoms with Crippen LogP contribution in [0.2, 0.25) is 5.02 Å². The van der Waals surface area contributed by atoms with E-state index in [1.165, 1.54) is 13.2 Å². The number of carbonyl (C=O) groups is 2. The lowest BCUT2D eigenvalue weighted by Crippen LogP contribution is -2.33. The predicted molar refractivity (Wildman–Crippen MR) is 76.0 cm³/mol. The van der Waals surface area contributed by atoms with E-state index >= 15 is 0 Å². The molecule has 6 heteroatoms. The van der Waals surface area contributed by atoms with Crippen LogP contribution in [0.4, 0.5) is 0 Å². The molecule has 1 aromatic carbocycles. The minimum atomic E-state index is -1.15. The molecule has 1 rings (SSSR count). The Morgan fingerprint density at radius 3 is 2.75 bits per heavy atom. The molecule has 1 amide bonds. The zero-order chi connectivity index (χ0) is 15.1. The molecule has 0 bridgehead atoms. The molecule has 0 spiro atoms. The van der Waals surface area contributed by atoms with E-state index in [-0.39, 0.29) is 17.4 Å². The predicted octanol–water partition coefficient (Wildman–Crippen LogP) is 2.56. The first-order valence-corrected chi connectivity index (χ1v) is 6.34. The summed E-state index contributed by atoms with van der Waals surface area (Å²) in [6, 6.07) is 3.43. The number of halogens is 1. The van der Waals surface area contributed by atoms with Crippen molar-refractivity contribution in [2.75, 3.05) is 7.11 Å². The van der Waals surface area contributed by atoms with Crippen LogP contribution in [-0.2, 0) is 9.59 Å². The quantitative estimate of drug-likeness (QED) is 0.758. The summed E-state index contributed by atoms with van der Waals surface area (Å²) >= 11 is 5.95. The molecule has 0 aromatic heterocycles. The summed E-state index contributed by atoms with van der Waals surface area (Å²) in [5, 5.41) is 11.9. The second kappa shape index (κ2) is 7.55. The largest absolute Gasteiger partial charge is 0.495 e. The first-order valence-electron chi connectivity index (χ1n) is 5.96. The van der Waals surface area contributed by atoms with E-state index in [9.17, 15) is 14.7 Å². The zero-order valence-corrected chi connectivity index (χ0v) is 11.8. The van der Waals surface area contributed by atoms with E-state index < -0.39 is 12.0 Å². The molecule has 2 N–H and O–H groups in total. The minimum absolute atomic E-state index is 0.192. The number of rotatable bonds is 7. The molecule has 1 aromatic rings. The second-order valence-corrected chi connectivity index (χ2v) is 4.47. The summed E-state index contributed by atoms with van der Waals surface area (Å²) in [6.45, 7) is 3.51. The SMILES string of the molecule is C=CCCC(=O)NC(C(=O)O)c1ccc(OC)c(Cl)c1. The standard InChI is InChI=1S/C14H16ClNO4/c1-3-4-5-12(17)16-13(14(18)19)9-6-7-11(20-2)10(15)8-9/h3,6-8,13H,1,4-5H2,2H3,(H,16,17)(H,18,19). The van der Waals surface area contributed by atoms with Crippen LogP contribution >= 0.6 is 11.6 Å². The van der Waals surface area contributed by atoms with Gasteiger partial charge in [-0.15, -0.1) is 6.58 Å². The van der Waals surface area contributed by atoms with E-state index in [0.717, 1.165) is 0 Å². The number of nitrogens with one attached hydrogen (secondary N) is 1. The highest BCUT2D eigenvalue weighted by molar-refractivity contribution is 6.32. The summed E-state index contributed by atoms with van der Waals surface area (Å²) in [6.07, 6.45) is 2.28. The molecule has 0 aliphatic rings. The molecule has 0 heterocycles. The van der Waals surface area contributed by atoms with Crippen LogP contribution in [-0.4, -0.2) is 24.1 Å². The monoisotopic (exact) mass is 297 g/mol. The zero-order valence-electron chi connectivity index (χ0n) is 11.1. The molecular formula is C14H16ClNO4. The number of carboxylic acids is 1. The molecule has 0 aliphatic heterocycles. The van der Waals surface area contributed by atoms with Crippen LogP contribution in [0.3, 0.4) is 0 Å². The van der Waals surface area contributed by atoms with Gasteiger partial charge in [0.1, 0.15) is 5.75 Å². The Kier molecular flexibility index (Phi) is 6.06. The van der Waals surface area contributed by atoms with Crippen molar-refractivity contribution in [2.45, 2.75) is 18.9 Å². The molecule has 5 nitrogen and oxygen atoms in total. The van der Waals surface area contributed by atoms with Crippen LogP contribution in [0.15, 0.2) is 30.9 Å². The number of allylic oxidation sites excluding steroid dienone is 1. The number of aliphatic carboxylic acids is 1. The van der Waals surface area contributed by atoms with Gasteiger partial charge in [-0.3, -0.25) is 4.79 Å². The summed E-state index contributed by atoms with van der Waals surface area (Å²) in [4.78, 5) is 22.9. The number of ether oxygens (including phenoxy) is 1. The molecule has 20 heavy (non-hydrogen) atoms. The maximum atomic E-state index is 11.6. The Morgan fingerprint density at radius 2 is 2.25 bits per heavy atom. The number of methoxy groups -OCH3 is 1. The lowest BCUT2D eigenvalue weighted by Gasteiger charge is -2.15. The van der Waals surface area contributed by atoms with Crippen LogP contribution < -0.4 is 10.1 Å². The van der Waals surface area contributed by atoms with Gasteiger partial charge in [0.05, 0.1) is 12.1 Å². The summed E-state index contributed by atoms with van der Waals surface area (Å²) < 4.78 is 5.00. The molecular weight excluding hydrogens is 282 g/mol. The Hall–Kier alpha value is -2.01. The molecule has 0 saturated carbocycles. The van der Waals surface area contributed by atoms with E-state index in [2.05, 4.69) is 11.9 Å². The smallest absolute Gasteiger partial charge is 0.330 e. The highest BCUT2D eigenvalue weighted by Gasteiger charge is 2.22. The number of hydrogen-bond acceptors (Lipinski definition) is 3. The van der Waals surface area contributed by atoms with Crippen molar-refractivity contribution < 1.29 is 19.4 Å². The first kappa shape index (κ1) is 16.0. The molecule has 1 unspecified atom stereocenters. The molecule has 1 atom stereocenters. The fourth-order valence-corrected chi connectivity index (χ4v) is 1.88. The van der Waals surface area contributed by atoms with Crippen molar-refractivity contribution in [3.8, 4) is 5.75 Å². The third-order valence-electron chi connectivity index (χ3n) is 2.64. The lowest BCUT2D eigenvalue weighted by atomic mass is 10.1.